The van der Waals surface area contributed by atoms with Crippen LogP contribution in [0.2, 0.25) is 5.02 Å². The molecule has 1 N–H and O–H groups in total. The van der Waals surface area contributed by atoms with Gasteiger partial charge in [0.05, 0.1) is 5.75 Å². The Morgan fingerprint density at radius 2 is 2.11 bits per heavy atom. The number of aliphatic carboxylic acids is 1. The van der Waals surface area contributed by atoms with Gasteiger partial charge in [-0.15, -0.1) is 0 Å². The standard InChI is InChI=1S/C12H11ClN2O2S/c1-8-6-14-12(18-7-11(16)17)15(8)10-4-2-9(13)3-5-10/h2-6H,7H2,1H3,(H,16,17). The van der Waals surface area contributed by atoms with E-state index in [0.717, 1.165) is 11.4 Å². The first-order valence-electron chi connectivity index (χ1n) is 5.23. The van der Waals surface area contributed by atoms with Gasteiger partial charge in [0.25, 0.3) is 0 Å². The van der Waals surface area contributed by atoms with Crippen LogP contribution in [0, 0.1) is 6.92 Å². The average molecular weight is 283 g/mol. The van der Waals surface area contributed by atoms with Gasteiger partial charge in [-0.25, -0.2) is 4.98 Å². The van der Waals surface area contributed by atoms with Gasteiger partial charge in [-0.1, -0.05) is 23.4 Å². The second kappa shape index (κ2) is 5.46. The number of hydrogen-bond acceptors (Lipinski definition) is 3. The maximum absolute atomic E-state index is 10.6. The molecule has 0 bridgehead atoms. The number of aromatic nitrogens is 2. The number of nitrogens with zero attached hydrogens (tertiary/aromatic N) is 2. The molecule has 0 unspecified atom stereocenters. The van der Waals surface area contributed by atoms with Gasteiger partial charge < -0.3 is 5.11 Å². The Labute approximate surface area is 114 Å². The van der Waals surface area contributed by atoms with Crippen LogP contribution in [0.25, 0.3) is 5.69 Å². The van der Waals surface area contributed by atoms with Gasteiger partial charge in [0.1, 0.15) is 0 Å². The lowest BCUT2D eigenvalue weighted by molar-refractivity contribution is -0.133. The van der Waals surface area contributed by atoms with E-state index in [0.29, 0.717) is 10.2 Å². The smallest absolute Gasteiger partial charge is 0.313 e. The first-order valence-corrected chi connectivity index (χ1v) is 6.59. The highest BCUT2D eigenvalue weighted by atomic mass is 35.5. The van der Waals surface area contributed by atoms with E-state index in [2.05, 4.69) is 4.98 Å². The molecular weight excluding hydrogens is 272 g/mol. The normalized spacial score (nSPS) is 10.6. The molecule has 1 aromatic carbocycles. The number of rotatable bonds is 4. The summed E-state index contributed by atoms with van der Waals surface area (Å²) in [5.41, 5.74) is 1.87. The molecule has 1 aromatic heterocycles. The van der Waals surface area contributed by atoms with E-state index in [1.807, 2.05) is 23.6 Å². The first kappa shape index (κ1) is 13.0. The minimum Gasteiger partial charge on any atom is -0.481 e. The Balaban J connectivity index is 2.34. The van der Waals surface area contributed by atoms with Crippen LogP contribution in [-0.4, -0.2) is 26.4 Å². The number of carboxylic acid groups (broad SMARTS) is 1. The molecule has 0 saturated heterocycles. The number of carboxylic acids is 1. The van der Waals surface area contributed by atoms with Crippen molar-refractivity contribution in [1.29, 1.82) is 0 Å². The molecule has 0 radical (unpaired) electrons. The van der Waals surface area contributed by atoms with Crippen molar-refractivity contribution in [2.45, 2.75) is 12.1 Å². The summed E-state index contributed by atoms with van der Waals surface area (Å²) < 4.78 is 1.91. The molecule has 0 aliphatic heterocycles. The molecule has 0 spiro atoms. The third-order valence-electron chi connectivity index (χ3n) is 2.32. The largest absolute Gasteiger partial charge is 0.481 e. The van der Waals surface area contributed by atoms with Gasteiger partial charge in [-0.05, 0) is 31.2 Å². The number of thioether (sulfide) groups is 1. The quantitative estimate of drug-likeness (QED) is 0.876. The Kier molecular flexibility index (Phi) is 3.93. The van der Waals surface area contributed by atoms with Gasteiger partial charge in [-0.2, -0.15) is 0 Å². The summed E-state index contributed by atoms with van der Waals surface area (Å²) in [5, 5.41) is 10.0. The van der Waals surface area contributed by atoms with Crippen molar-refractivity contribution in [3.8, 4) is 5.69 Å². The van der Waals surface area contributed by atoms with Gasteiger partial charge in [0, 0.05) is 22.6 Å². The van der Waals surface area contributed by atoms with E-state index in [1.165, 1.54) is 11.8 Å². The monoisotopic (exact) mass is 282 g/mol. The van der Waals surface area contributed by atoms with Crippen LogP contribution < -0.4 is 0 Å². The van der Waals surface area contributed by atoms with Crippen LogP contribution in [0.1, 0.15) is 5.69 Å². The van der Waals surface area contributed by atoms with Crippen LogP contribution in [0.4, 0.5) is 0 Å². The molecule has 0 saturated carbocycles. The maximum Gasteiger partial charge on any atom is 0.313 e. The highest BCUT2D eigenvalue weighted by Gasteiger charge is 2.11. The summed E-state index contributed by atoms with van der Waals surface area (Å²) in [7, 11) is 0. The number of aryl methyl sites for hydroxylation is 1. The lowest BCUT2D eigenvalue weighted by Gasteiger charge is -2.09. The van der Waals surface area contributed by atoms with Crippen LogP contribution in [0.15, 0.2) is 35.6 Å². The van der Waals surface area contributed by atoms with Gasteiger partial charge in [-0.3, -0.25) is 9.36 Å². The molecule has 2 rings (SSSR count). The molecule has 0 aliphatic rings. The zero-order valence-corrected chi connectivity index (χ0v) is 11.2. The van der Waals surface area contributed by atoms with Crippen molar-refractivity contribution in [1.82, 2.24) is 9.55 Å². The second-order valence-electron chi connectivity index (χ2n) is 3.68. The van der Waals surface area contributed by atoms with Crippen LogP contribution in [0.3, 0.4) is 0 Å². The predicted molar refractivity (Wildman–Crippen MR) is 71.7 cm³/mol. The third kappa shape index (κ3) is 2.86. The Bertz CT molecular complexity index is 566. The van der Waals surface area contributed by atoms with Crippen LogP contribution in [0.5, 0.6) is 0 Å². The van der Waals surface area contributed by atoms with E-state index in [1.54, 1.807) is 18.3 Å². The molecule has 0 aliphatic carbocycles. The molecular formula is C12H11ClN2O2S. The van der Waals surface area contributed by atoms with Gasteiger partial charge >= 0.3 is 5.97 Å². The fourth-order valence-corrected chi connectivity index (χ4v) is 2.43. The summed E-state index contributed by atoms with van der Waals surface area (Å²) in [6.45, 7) is 1.92. The van der Waals surface area contributed by atoms with E-state index < -0.39 is 5.97 Å². The maximum atomic E-state index is 10.6. The summed E-state index contributed by atoms with van der Waals surface area (Å²) in [6.07, 6.45) is 1.72. The van der Waals surface area contributed by atoms with Crippen molar-refractivity contribution in [3.63, 3.8) is 0 Å². The summed E-state index contributed by atoms with van der Waals surface area (Å²) in [5.74, 6) is -0.868. The minimum atomic E-state index is -0.858. The number of imidazole rings is 1. The Hall–Kier alpha value is -1.46. The van der Waals surface area contributed by atoms with Gasteiger partial charge in [0.15, 0.2) is 5.16 Å². The number of benzene rings is 1. The Morgan fingerprint density at radius 1 is 1.44 bits per heavy atom. The number of carbonyl (C=O) groups is 1. The summed E-state index contributed by atoms with van der Waals surface area (Å²) in [6, 6.07) is 7.34. The summed E-state index contributed by atoms with van der Waals surface area (Å²) in [4.78, 5) is 14.8. The zero-order valence-electron chi connectivity index (χ0n) is 9.63. The zero-order chi connectivity index (χ0) is 13.1. The van der Waals surface area contributed by atoms with Crippen molar-refractivity contribution in [3.05, 3.63) is 41.2 Å². The predicted octanol–water partition coefficient (Wildman–Crippen LogP) is 3.01. The second-order valence-corrected chi connectivity index (χ2v) is 5.06. The summed E-state index contributed by atoms with van der Waals surface area (Å²) >= 11 is 7.04. The molecule has 18 heavy (non-hydrogen) atoms. The number of hydrogen-bond donors (Lipinski definition) is 1. The van der Waals surface area contributed by atoms with Crippen LogP contribution in [-0.2, 0) is 4.79 Å². The third-order valence-corrected chi connectivity index (χ3v) is 3.50. The van der Waals surface area contributed by atoms with E-state index in [9.17, 15) is 4.79 Å². The average Bonchev–Trinajstić information content (AvgIpc) is 2.69. The van der Waals surface area contributed by atoms with E-state index in [-0.39, 0.29) is 5.75 Å². The first-order chi connectivity index (χ1) is 8.58. The lowest BCUT2D eigenvalue weighted by atomic mass is 10.3. The molecule has 0 atom stereocenters. The van der Waals surface area contributed by atoms with Crippen molar-refractivity contribution in [2.24, 2.45) is 0 Å². The highest BCUT2D eigenvalue weighted by Crippen LogP contribution is 2.23. The fraction of sp³-hybridized carbons (Fsp3) is 0.167. The molecule has 94 valence electrons. The number of halogens is 1. The fourth-order valence-electron chi connectivity index (χ4n) is 1.55. The molecule has 0 fully saturated rings. The van der Waals surface area contributed by atoms with Gasteiger partial charge in [0.2, 0.25) is 0 Å². The van der Waals surface area contributed by atoms with Crippen molar-refractivity contribution in [2.75, 3.05) is 5.75 Å². The lowest BCUT2D eigenvalue weighted by Crippen LogP contribution is -2.02. The highest BCUT2D eigenvalue weighted by molar-refractivity contribution is 7.99. The van der Waals surface area contributed by atoms with Crippen molar-refractivity contribution < 1.29 is 9.90 Å². The molecule has 2 aromatic rings. The molecule has 0 amide bonds. The topological polar surface area (TPSA) is 55.1 Å². The van der Waals surface area contributed by atoms with E-state index >= 15 is 0 Å². The van der Waals surface area contributed by atoms with E-state index in [4.69, 9.17) is 16.7 Å². The minimum absolute atomic E-state index is 0.00988. The Morgan fingerprint density at radius 3 is 2.72 bits per heavy atom. The molecule has 6 heteroatoms. The molecule has 4 nitrogen and oxygen atoms in total. The van der Waals surface area contributed by atoms with Crippen LogP contribution >= 0.6 is 23.4 Å². The molecule has 1 heterocycles. The SMILES string of the molecule is Cc1cnc(SCC(=O)O)n1-c1ccc(Cl)cc1. The van der Waals surface area contributed by atoms with Crippen molar-refractivity contribution >= 4 is 29.3 Å².